The van der Waals surface area contributed by atoms with Crippen molar-refractivity contribution < 1.29 is 14.3 Å². The lowest BCUT2D eigenvalue weighted by Gasteiger charge is -2.35. The van der Waals surface area contributed by atoms with E-state index in [1.54, 1.807) is 35.0 Å². The largest absolute Gasteiger partial charge is 0.462 e. The van der Waals surface area contributed by atoms with Crippen LogP contribution in [0.1, 0.15) is 22.8 Å². The summed E-state index contributed by atoms with van der Waals surface area (Å²) in [4.78, 5) is 34.7. The first-order valence-electron chi connectivity index (χ1n) is 9.78. The third kappa shape index (κ3) is 5.54. The topological polar surface area (TPSA) is 83.8 Å². The monoisotopic (exact) mass is 400 g/mol. The second-order valence-corrected chi connectivity index (χ2v) is 7.16. The molecule has 1 amide bonds. The Labute approximate surface area is 170 Å². The van der Waals surface area contributed by atoms with E-state index in [2.05, 4.69) is 19.9 Å². The van der Waals surface area contributed by atoms with Gasteiger partial charge in [0, 0.05) is 64.8 Å². The van der Waals surface area contributed by atoms with Gasteiger partial charge in [0.05, 0.1) is 24.9 Å². The highest BCUT2D eigenvalue weighted by Crippen LogP contribution is 2.15. The van der Waals surface area contributed by atoms with Gasteiger partial charge in [-0.15, -0.1) is 0 Å². The lowest BCUT2D eigenvalue weighted by molar-refractivity contribution is -0.131. The third-order valence-electron chi connectivity index (χ3n) is 4.92. The standard InChI is InChI=1S/C20H28N6O3/c1-4-29-20(28)17-5-6-18(21-12-17)26-9-7-25(8-10-26)15-19(27)23(2)13-16-11-22-24(3)14-16/h5-6,11-12,14H,4,7-10,13,15H2,1-3H3. The van der Waals surface area contributed by atoms with Crippen LogP contribution in [0.5, 0.6) is 0 Å². The number of carbonyl (C=O) groups excluding carboxylic acids is 2. The summed E-state index contributed by atoms with van der Waals surface area (Å²) in [6.45, 7) is 6.22. The van der Waals surface area contributed by atoms with Crippen molar-refractivity contribution in [1.82, 2.24) is 24.6 Å². The van der Waals surface area contributed by atoms with Gasteiger partial charge >= 0.3 is 5.97 Å². The van der Waals surface area contributed by atoms with Gasteiger partial charge in [-0.2, -0.15) is 5.10 Å². The predicted octanol–water partition coefficient (Wildman–Crippen LogP) is 0.772. The molecule has 0 bridgehead atoms. The van der Waals surface area contributed by atoms with Crippen molar-refractivity contribution in [2.75, 3.05) is 51.3 Å². The number of rotatable bonds is 7. The second kappa shape index (κ2) is 9.51. The number of piperazine rings is 1. The van der Waals surface area contributed by atoms with Crippen LogP contribution in [-0.4, -0.2) is 82.8 Å². The van der Waals surface area contributed by atoms with E-state index in [0.29, 0.717) is 25.3 Å². The van der Waals surface area contributed by atoms with Gasteiger partial charge < -0.3 is 14.5 Å². The molecular formula is C20H28N6O3. The maximum atomic E-state index is 12.5. The van der Waals surface area contributed by atoms with Crippen molar-refractivity contribution in [3.05, 3.63) is 41.9 Å². The Bertz CT molecular complexity index is 827. The zero-order valence-electron chi connectivity index (χ0n) is 17.2. The minimum atomic E-state index is -0.356. The summed E-state index contributed by atoms with van der Waals surface area (Å²) in [5, 5.41) is 4.14. The summed E-state index contributed by atoms with van der Waals surface area (Å²) in [7, 11) is 3.69. The number of hydrogen-bond acceptors (Lipinski definition) is 7. The number of anilines is 1. The van der Waals surface area contributed by atoms with Gasteiger partial charge in [0.1, 0.15) is 5.82 Å². The minimum absolute atomic E-state index is 0.0965. The first-order chi connectivity index (χ1) is 14.0. The Balaban J connectivity index is 1.46. The van der Waals surface area contributed by atoms with E-state index >= 15 is 0 Å². The molecule has 2 aromatic rings. The van der Waals surface area contributed by atoms with Crippen LogP contribution in [0.2, 0.25) is 0 Å². The summed E-state index contributed by atoms with van der Waals surface area (Å²) in [5.74, 6) is 0.572. The van der Waals surface area contributed by atoms with E-state index in [1.807, 2.05) is 26.4 Å². The molecule has 9 nitrogen and oxygen atoms in total. The zero-order valence-corrected chi connectivity index (χ0v) is 17.2. The van der Waals surface area contributed by atoms with Crippen LogP contribution >= 0.6 is 0 Å². The number of nitrogens with zero attached hydrogens (tertiary/aromatic N) is 6. The van der Waals surface area contributed by atoms with Crippen molar-refractivity contribution in [3.63, 3.8) is 0 Å². The van der Waals surface area contributed by atoms with Crippen molar-refractivity contribution in [3.8, 4) is 0 Å². The molecule has 0 atom stereocenters. The highest BCUT2D eigenvalue weighted by Gasteiger charge is 2.21. The molecule has 3 heterocycles. The van der Waals surface area contributed by atoms with Gasteiger partial charge in [-0.25, -0.2) is 9.78 Å². The highest BCUT2D eigenvalue weighted by atomic mass is 16.5. The van der Waals surface area contributed by atoms with Crippen LogP contribution in [0.25, 0.3) is 0 Å². The lowest BCUT2D eigenvalue weighted by Crippen LogP contribution is -2.49. The maximum Gasteiger partial charge on any atom is 0.339 e. The number of hydrogen-bond donors (Lipinski definition) is 0. The summed E-state index contributed by atoms with van der Waals surface area (Å²) >= 11 is 0. The SMILES string of the molecule is CCOC(=O)c1ccc(N2CCN(CC(=O)N(C)Cc3cnn(C)c3)CC2)nc1. The highest BCUT2D eigenvalue weighted by molar-refractivity contribution is 5.89. The number of esters is 1. The fraction of sp³-hybridized carbons (Fsp3) is 0.500. The number of aryl methyl sites for hydroxylation is 1. The van der Waals surface area contributed by atoms with E-state index in [0.717, 1.165) is 37.6 Å². The van der Waals surface area contributed by atoms with Gasteiger partial charge in [0.2, 0.25) is 5.91 Å². The molecule has 0 aromatic carbocycles. The van der Waals surface area contributed by atoms with Crippen molar-refractivity contribution >= 4 is 17.7 Å². The minimum Gasteiger partial charge on any atom is -0.462 e. The van der Waals surface area contributed by atoms with E-state index in [-0.39, 0.29) is 11.9 Å². The first kappa shape index (κ1) is 20.8. The smallest absolute Gasteiger partial charge is 0.339 e. The molecule has 0 saturated carbocycles. The Kier molecular flexibility index (Phi) is 6.82. The Hall–Kier alpha value is -2.94. The number of aromatic nitrogens is 3. The van der Waals surface area contributed by atoms with Gasteiger partial charge in [0.25, 0.3) is 0 Å². The molecular weight excluding hydrogens is 372 g/mol. The molecule has 0 aliphatic carbocycles. The van der Waals surface area contributed by atoms with Crippen molar-refractivity contribution in [2.45, 2.75) is 13.5 Å². The third-order valence-corrected chi connectivity index (χ3v) is 4.92. The molecule has 0 N–H and O–H groups in total. The average molecular weight is 400 g/mol. The number of likely N-dealkylation sites (N-methyl/N-ethyl adjacent to an activating group) is 1. The molecule has 0 radical (unpaired) electrons. The number of amides is 1. The van der Waals surface area contributed by atoms with Crippen molar-refractivity contribution in [2.24, 2.45) is 7.05 Å². The van der Waals surface area contributed by atoms with Gasteiger partial charge in [-0.3, -0.25) is 14.4 Å². The van der Waals surface area contributed by atoms with Crippen LogP contribution < -0.4 is 4.90 Å². The van der Waals surface area contributed by atoms with E-state index in [9.17, 15) is 9.59 Å². The van der Waals surface area contributed by atoms with E-state index in [1.165, 1.54) is 0 Å². The first-order valence-corrected chi connectivity index (χ1v) is 9.78. The zero-order chi connectivity index (χ0) is 20.8. The molecule has 29 heavy (non-hydrogen) atoms. The normalized spacial score (nSPS) is 14.7. The Morgan fingerprint density at radius 2 is 1.93 bits per heavy atom. The summed E-state index contributed by atoms with van der Waals surface area (Å²) in [6, 6.07) is 3.58. The predicted molar refractivity (Wildman–Crippen MR) is 109 cm³/mol. The Morgan fingerprint density at radius 3 is 2.52 bits per heavy atom. The van der Waals surface area contributed by atoms with Gasteiger partial charge in [-0.05, 0) is 19.1 Å². The van der Waals surface area contributed by atoms with E-state index < -0.39 is 0 Å². The number of ether oxygens (including phenoxy) is 1. The second-order valence-electron chi connectivity index (χ2n) is 7.16. The summed E-state index contributed by atoms with van der Waals surface area (Å²) < 4.78 is 6.72. The molecule has 156 valence electrons. The van der Waals surface area contributed by atoms with Crippen LogP contribution in [-0.2, 0) is 23.1 Å². The maximum absolute atomic E-state index is 12.5. The summed E-state index contributed by atoms with van der Waals surface area (Å²) in [6.07, 6.45) is 5.25. The van der Waals surface area contributed by atoms with Gasteiger partial charge in [0.15, 0.2) is 0 Å². The van der Waals surface area contributed by atoms with Crippen LogP contribution in [0.4, 0.5) is 5.82 Å². The molecule has 3 rings (SSSR count). The molecule has 2 aromatic heterocycles. The molecule has 1 saturated heterocycles. The molecule has 0 spiro atoms. The van der Waals surface area contributed by atoms with Crippen LogP contribution in [0.3, 0.4) is 0 Å². The molecule has 1 fully saturated rings. The molecule has 1 aliphatic rings. The molecule has 1 aliphatic heterocycles. The fourth-order valence-corrected chi connectivity index (χ4v) is 3.27. The fourth-order valence-electron chi connectivity index (χ4n) is 3.27. The Morgan fingerprint density at radius 1 is 1.17 bits per heavy atom. The quantitative estimate of drug-likeness (QED) is 0.635. The van der Waals surface area contributed by atoms with Crippen LogP contribution in [0, 0.1) is 0 Å². The average Bonchev–Trinajstić information content (AvgIpc) is 3.13. The van der Waals surface area contributed by atoms with Gasteiger partial charge in [-0.1, -0.05) is 0 Å². The van der Waals surface area contributed by atoms with Crippen molar-refractivity contribution in [1.29, 1.82) is 0 Å². The lowest BCUT2D eigenvalue weighted by atomic mass is 10.2. The number of carbonyl (C=O) groups is 2. The molecule has 9 heteroatoms. The van der Waals surface area contributed by atoms with E-state index in [4.69, 9.17) is 4.74 Å². The molecule has 0 unspecified atom stereocenters. The van der Waals surface area contributed by atoms with Crippen LogP contribution in [0.15, 0.2) is 30.7 Å². The number of pyridine rings is 1. The summed E-state index contributed by atoms with van der Waals surface area (Å²) in [5.41, 5.74) is 1.47.